The van der Waals surface area contributed by atoms with Gasteiger partial charge in [-0.2, -0.15) is 4.98 Å². The highest BCUT2D eigenvalue weighted by molar-refractivity contribution is 7.90. The Balaban J connectivity index is 1.87. The molecule has 0 amide bonds. The van der Waals surface area contributed by atoms with Crippen molar-refractivity contribution in [2.45, 2.75) is 10.9 Å². The van der Waals surface area contributed by atoms with E-state index in [1.165, 1.54) is 0 Å². The summed E-state index contributed by atoms with van der Waals surface area (Å²) in [5.41, 5.74) is 3.78. The Bertz CT molecular complexity index is 693. The molecule has 0 spiro atoms. The molecule has 2 aromatic carbocycles. The second-order valence-electron chi connectivity index (χ2n) is 4.46. The molecule has 3 aromatic rings. The summed E-state index contributed by atoms with van der Waals surface area (Å²) in [5.74, 6) is 0.441. The van der Waals surface area contributed by atoms with Crippen molar-refractivity contribution in [3.63, 3.8) is 0 Å². The normalized spacial score (nSPS) is 12.5. The fraction of sp³-hybridized carbons (Fsp3) is 0.133. The van der Waals surface area contributed by atoms with Crippen molar-refractivity contribution in [2.75, 3.05) is 12.4 Å². The largest absolute Gasteiger partial charge is 0.609 e. The van der Waals surface area contributed by atoms with Crippen LogP contribution >= 0.6 is 0 Å². The maximum atomic E-state index is 12.4. The van der Waals surface area contributed by atoms with Crippen molar-refractivity contribution in [3.8, 4) is 0 Å². The number of aromatic amines is 1. The van der Waals surface area contributed by atoms with Crippen LogP contribution in [0.5, 0.6) is 0 Å². The molecular formula is C15H15N3OS. The fourth-order valence-electron chi connectivity index (χ4n) is 2.14. The van der Waals surface area contributed by atoms with Crippen LogP contribution in [0.15, 0.2) is 53.7 Å². The van der Waals surface area contributed by atoms with Crippen LogP contribution in [0.4, 0.5) is 5.69 Å². The molecule has 0 saturated heterocycles. The number of anilines is 1. The lowest BCUT2D eigenvalue weighted by molar-refractivity contribution is 0.587. The highest BCUT2D eigenvalue weighted by Gasteiger charge is 2.18. The van der Waals surface area contributed by atoms with Crippen molar-refractivity contribution in [1.82, 2.24) is 9.97 Å². The minimum atomic E-state index is -1.19. The molecule has 102 valence electrons. The Morgan fingerprint density at radius 2 is 1.90 bits per heavy atom. The van der Waals surface area contributed by atoms with Crippen LogP contribution in [0.1, 0.15) is 5.56 Å². The molecule has 0 aliphatic heterocycles. The van der Waals surface area contributed by atoms with Gasteiger partial charge in [0.05, 0.1) is 11.0 Å². The summed E-state index contributed by atoms with van der Waals surface area (Å²) in [6.45, 7) is 0. The third-order valence-corrected chi connectivity index (χ3v) is 4.35. The number of fused-ring (bicyclic) bond motifs is 1. The average molecular weight is 285 g/mol. The van der Waals surface area contributed by atoms with Gasteiger partial charge in [0.25, 0.3) is 0 Å². The molecule has 1 heterocycles. The SMILES string of the molecule is CNc1ccccc1C[S+]([O-])c1nc2ccccc2[nH]1. The molecule has 1 atom stereocenters. The van der Waals surface area contributed by atoms with Gasteiger partial charge in [0.2, 0.25) is 0 Å². The van der Waals surface area contributed by atoms with Crippen molar-refractivity contribution >= 4 is 27.9 Å². The second kappa shape index (κ2) is 5.56. The number of aromatic nitrogens is 2. The third-order valence-electron chi connectivity index (χ3n) is 3.16. The molecule has 3 rings (SSSR count). The Hall–Kier alpha value is -1.98. The van der Waals surface area contributed by atoms with Crippen molar-refractivity contribution in [1.29, 1.82) is 0 Å². The zero-order chi connectivity index (χ0) is 13.9. The van der Waals surface area contributed by atoms with Crippen LogP contribution in [0, 0.1) is 0 Å². The number of imidazole rings is 1. The number of nitrogens with one attached hydrogen (secondary N) is 2. The maximum absolute atomic E-state index is 12.4. The molecule has 20 heavy (non-hydrogen) atoms. The molecule has 4 nitrogen and oxygen atoms in total. The molecule has 2 N–H and O–H groups in total. The first-order valence-corrected chi connectivity index (χ1v) is 7.68. The molecule has 0 radical (unpaired) electrons. The smallest absolute Gasteiger partial charge is 0.321 e. The number of rotatable bonds is 4. The van der Waals surface area contributed by atoms with Gasteiger partial charge in [0, 0.05) is 29.5 Å². The van der Waals surface area contributed by atoms with Crippen LogP contribution in [0.2, 0.25) is 0 Å². The molecule has 0 saturated carbocycles. The van der Waals surface area contributed by atoms with E-state index in [1.54, 1.807) is 0 Å². The molecule has 1 unspecified atom stereocenters. The van der Waals surface area contributed by atoms with Gasteiger partial charge in [0.15, 0.2) is 0 Å². The average Bonchev–Trinajstić information content (AvgIpc) is 2.92. The van der Waals surface area contributed by atoms with Gasteiger partial charge in [-0.3, -0.25) is 4.98 Å². The number of nitrogens with zero attached hydrogens (tertiary/aromatic N) is 1. The van der Waals surface area contributed by atoms with Gasteiger partial charge >= 0.3 is 5.16 Å². The van der Waals surface area contributed by atoms with Gasteiger partial charge in [-0.1, -0.05) is 30.3 Å². The Labute approximate surface area is 120 Å². The number of H-pyrrole nitrogens is 1. The van der Waals surface area contributed by atoms with Crippen LogP contribution in [0.3, 0.4) is 0 Å². The van der Waals surface area contributed by atoms with Crippen LogP contribution < -0.4 is 5.32 Å². The predicted molar refractivity (Wildman–Crippen MR) is 82.2 cm³/mol. The summed E-state index contributed by atoms with van der Waals surface area (Å²) in [5, 5.41) is 3.64. The number of para-hydroxylation sites is 3. The summed E-state index contributed by atoms with van der Waals surface area (Å²) >= 11 is -1.19. The summed E-state index contributed by atoms with van der Waals surface area (Å²) in [7, 11) is 1.86. The highest BCUT2D eigenvalue weighted by atomic mass is 32.2. The summed E-state index contributed by atoms with van der Waals surface area (Å²) in [6.07, 6.45) is 0. The Kier molecular flexibility index (Phi) is 3.62. The lowest BCUT2D eigenvalue weighted by Gasteiger charge is -2.10. The van der Waals surface area contributed by atoms with Crippen molar-refractivity contribution in [2.24, 2.45) is 0 Å². The van der Waals surface area contributed by atoms with Crippen LogP contribution in [-0.4, -0.2) is 21.6 Å². The molecule has 0 bridgehead atoms. The summed E-state index contributed by atoms with van der Waals surface area (Å²) < 4.78 is 12.4. The predicted octanol–water partition coefficient (Wildman–Crippen LogP) is 2.91. The Morgan fingerprint density at radius 3 is 2.70 bits per heavy atom. The van der Waals surface area contributed by atoms with Crippen molar-refractivity contribution < 1.29 is 4.55 Å². The molecule has 0 aliphatic carbocycles. The summed E-state index contributed by atoms with van der Waals surface area (Å²) in [4.78, 5) is 7.51. The van der Waals surface area contributed by atoms with Crippen LogP contribution in [-0.2, 0) is 16.9 Å². The third kappa shape index (κ3) is 2.50. The molecule has 0 aliphatic rings. The minimum absolute atomic E-state index is 0.441. The molecule has 1 aromatic heterocycles. The lowest BCUT2D eigenvalue weighted by Crippen LogP contribution is -2.08. The second-order valence-corrected chi connectivity index (χ2v) is 5.82. The van der Waals surface area contributed by atoms with Crippen LogP contribution in [0.25, 0.3) is 11.0 Å². The van der Waals surface area contributed by atoms with E-state index in [0.29, 0.717) is 10.9 Å². The number of benzene rings is 2. The van der Waals surface area contributed by atoms with E-state index in [2.05, 4.69) is 15.3 Å². The van der Waals surface area contributed by atoms with E-state index in [9.17, 15) is 4.55 Å². The van der Waals surface area contributed by atoms with E-state index in [-0.39, 0.29) is 0 Å². The minimum Gasteiger partial charge on any atom is -0.609 e. The van der Waals surface area contributed by atoms with E-state index < -0.39 is 11.2 Å². The van der Waals surface area contributed by atoms with Gasteiger partial charge in [-0.25, -0.2) is 0 Å². The fourth-order valence-corrected chi connectivity index (χ4v) is 3.23. The molecule has 5 heteroatoms. The van der Waals surface area contributed by atoms with Gasteiger partial charge in [-0.05, 0) is 18.2 Å². The topological polar surface area (TPSA) is 63.8 Å². The monoisotopic (exact) mass is 285 g/mol. The molecule has 0 fully saturated rings. The first-order chi connectivity index (χ1) is 9.78. The zero-order valence-corrected chi connectivity index (χ0v) is 11.9. The van der Waals surface area contributed by atoms with E-state index >= 15 is 0 Å². The highest BCUT2D eigenvalue weighted by Crippen LogP contribution is 2.22. The maximum Gasteiger partial charge on any atom is 0.321 e. The van der Waals surface area contributed by atoms with Gasteiger partial charge in [-0.15, -0.1) is 0 Å². The van der Waals surface area contributed by atoms with Crippen molar-refractivity contribution in [3.05, 3.63) is 54.1 Å². The Morgan fingerprint density at radius 1 is 1.15 bits per heavy atom. The van der Waals surface area contributed by atoms with Gasteiger partial charge in [0.1, 0.15) is 5.75 Å². The quantitative estimate of drug-likeness (QED) is 0.724. The van der Waals surface area contributed by atoms with E-state index in [1.807, 2.05) is 55.6 Å². The van der Waals surface area contributed by atoms with Gasteiger partial charge < -0.3 is 9.87 Å². The zero-order valence-electron chi connectivity index (χ0n) is 11.1. The first kappa shape index (κ1) is 13.0. The van der Waals surface area contributed by atoms with E-state index in [4.69, 9.17) is 0 Å². The summed E-state index contributed by atoms with van der Waals surface area (Å²) in [6, 6.07) is 15.6. The number of hydrogen-bond donors (Lipinski definition) is 2. The lowest BCUT2D eigenvalue weighted by atomic mass is 10.2. The standard InChI is InChI=1S/C15H15N3OS/c1-16-12-7-3-2-6-11(12)10-20(19)15-17-13-8-4-5-9-14(13)18-15/h2-9,16H,10H2,1H3,(H,17,18). The van der Waals surface area contributed by atoms with E-state index in [0.717, 1.165) is 22.3 Å². The number of hydrogen-bond acceptors (Lipinski definition) is 3. The molecular weight excluding hydrogens is 270 g/mol. The first-order valence-electron chi connectivity index (χ1n) is 6.36.